The van der Waals surface area contributed by atoms with Crippen LogP contribution in [-0.2, 0) is 13.5 Å². The van der Waals surface area contributed by atoms with Crippen molar-refractivity contribution in [3.8, 4) is 0 Å². The standard InChI is InChI=1S/C13H22ClN3/c1-11(14)12-4-8-17(9-5-12)10-6-13-3-7-15-16(13)2/h3,7,11-12H,4-6,8-10H2,1-2H3. The molecule has 1 fully saturated rings. The van der Waals surface area contributed by atoms with Crippen molar-refractivity contribution in [1.82, 2.24) is 14.7 Å². The third-order valence-electron chi connectivity index (χ3n) is 3.89. The van der Waals surface area contributed by atoms with Gasteiger partial charge >= 0.3 is 0 Å². The maximum atomic E-state index is 6.15. The number of hydrogen-bond acceptors (Lipinski definition) is 2. The summed E-state index contributed by atoms with van der Waals surface area (Å²) in [5.41, 5.74) is 1.32. The second-order valence-electron chi connectivity index (χ2n) is 5.05. The zero-order chi connectivity index (χ0) is 12.3. The molecular formula is C13H22ClN3. The third kappa shape index (κ3) is 3.46. The monoisotopic (exact) mass is 255 g/mol. The van der Waals surface area contributed by atoms with Gasteiger partial charge in [-0.3, -0.25) is 4.68 Å². The minimum Gasteiger partial charge on any atom is -0.303 e. The van der Waals surface area contributed by atoms with E-state index in [4.69, 9.17) is 11.6 Å². The van der Waals surface area contributed by atoms with Crippen molar-refractivity contribution >= 4 is 11.6 Å². The molecule has 0 aromatic carbocycles. The summed E-state index contributed by atoms with van der Waals surface area (Å²) in [6, 6.07) is 2.10. The maximum absolute atomic E-state index is 6.15. The molecule has 2 heterocycles. The van der Waals surface area contributed by atoms with Gasteiger partial charge in [0.1, 0.15) is 0 Å². The van der Waals surface area contributed by atoms with Gasteiger partial charge in [0, 0.05) is 37.3 Å². The molecule has 1 aliphatic heterocycles. The molecule has 1 atom stereocenters. The lowest BCUT2D eigenvalue weighted by Gasteiger charge is -2.33. The quantitative estimate of drug-likeness (QED) is 0.770. The van der Waals surface area contributed by atoms with Crippen molar-refractivity contribution < 1.29 is 0 Å². The second kappa shape index (κ2) is 5.87. The number of hydrogen-bond donors (Lipinski definition) is 0. The minimum atomic E-state index is 0.328. The first-order valence-electron chi connectivity index (χ1n) is 6.50. The highest BCUT2D eigenvalue weighted by Gasteiger charge is 2.22. The number of likely N-dealkylation sites (tertiary alicyclic amines) is 1. The normalized spacial score (nSPS) is 20.6. The fourth-order valence-electron chi connectivity index (χ4n) is 2.56. The van der Waals surface area contributed by atoms with E-state index >= 15 is 0 Å². The lowest BCUT2D eigenvalue weighted by molar-refractivity contribution is 0.184. The Hall–Kier alpha value is -0.540. The van der Waals surface area contributed by atoms with Gasteiger partial charge in [-0.25, -0.2) is 0 Å². The van der Waals surface area contributed by atoms with Crippen molar-refractivity contribution in [2.45, 2.75) is 31.6 Å². The molecule has 1 aromatic rings. The number of halogens is 1. The van der Waals surface area contributed by atoms with Crippen LogP contribution in [0.25, 0.3) is 0 Å². The van der Waals surface area contributed by atoms with Gasteiger partial charge in [-0.1, -0.05) is 0 Å². The van der Waals surface area contributed by atoms with E-state index in [1.807, 2.05) is 17.9 Å². The van der Waals surface area contributed by atoms with Crippen LogP contribution in [0.5, 0.6) is 0 Å². The molecule has 0 saturated carbocycles. The average Bonchev–Trinajstić information content (AvgIpc) is 2.73. The molecule has 0 N–H and O–H groups in total. The van der Waals surface area contributed by atoms with Crippen LogP contribution in [0.15, 0.2) is 12.3 Å². The summed E-state index contributed by atoms with van der Waals surface area (Å²) in [6.07, 6.45) is 5.46. The van der Waals surface area contributed by atoms with Crippen LogP contribution < -0.4 is 0 Å². The van der Waals surface area contributed by atoms with Crippen LogP contribution in [0.2, 0.25) is 0 Å². The lowest BCUT2D eigenvalue weighted by Crippen LogP contribution is -2.37. The van der Waals surface area contributed by atoms with E-state index < -0.39 is 0 Å². The van der Waals surface area contributed by atoms with Crippen molar-refractivity contribution in [2.24, 2.45) is 13.0 Å². The zero-order valence-corrected chi connectivity index (χ0v) is 11.5. The summed E-state index contributed by atoms with van der Waals surface area (Å²) in [5, 5.41) is 4.52. The van der Waals surface area contributed by atoms with Crippen LogP contribution in [-0.4, -0.2) is 39.7 Å². The van der Waals surface area contributed by atoms with Crippen molar-refractivity contribution in [1.29, 1.82) is 0 Å². The van der Waals surface area contributed by atoms with E-state index in [1.165, 1.54) is 31.6 Å². The molecule has 0 radical (unpaired) electrons. The van der Waals surface area contributed by atoms with E-state index in [0.717, 1.165) is 13.0 Å². The zero-order valence-electron chi connectivity index (χ0n) is 10.8. The largest absolute Gasteiger partial charge is 0.303 e. The first-order valence-corrected chi connectivity index (χ1v) is 6.94. The molecule has 17 heavy (non-hydrogen) atoms. The van der Waals surface area contributed by atoms with Gasteiger partial charge in [-0.2, -0.15) is 5.10 Å². The molecule has 0 bridgehead atoms. The van der Waals surface area contributed by atoms with E-state index in [0.29, 0.717) is 11.3 Å². The highest BCUT2D eigenvalue weighted by molar-refractivity contribution is 6.20. The minimum absolute atomic E-state index is 0.328. The Morgan fingerprint density at radius 1 is 1.47 bits per heavy atom. The van der Waals surface area contributed by atoms with E-state index in [9.17, 15) is 0 Å². The van der Waals surface area contributed by atoms with E-state index in [2.05, 4.69) is 23.0 Å². The molecule has 1 unspecified atom stereocenters. The summed E-state index contributed by atoms with van der Waals surface area (Å²) in [4.78, 5) is 2.54. The van der Waals surface area contributed by atoms with E-state index in [-0.39, 0.29) is 0 Å². The van der Waals surface area contributed by atoms with Crippen molar-refractivity contribution in [3.63, 3.8) is 0 Å². The molecule has 3 nitrogen and oxygen atoms in total. The number of piperidine rings is 1. The molecule has 2 rings (SSSR count). The van der Waals surface area contributed by atoms with Gasteiger partial charge in [0.2, 0.25) is 0 Å². The molecule has 1 saturated heterocycles. The maximum Gasteiger partial charge on any atom is 0.0492 e. The summed E-state index contributed by atoms with van der Waals surface area (Å²) in [7, 11) is 2.01. The number of aromatic nitrogens is 2. The number of rotatable bonds is 4. The molecule has 4 heteroatoms. The Morgan fingerprint density at radius 3 is 2.71 bits per heavy atom. The van der Waals surface area contributed by atoms with Crippen LogP contribution in [0, 0.1) is 5.92 Å². The predicted octanol–water partition coefficient (Wildman–Crippen LogP) is 2.30. The molecule has 0 amide bonds. The summed E-state index contributed by atoms with van der Waals surface area (Å²) < 4.78 is 1.97. The van der Waals surface area contributed by atoms with Crippen LogP contribution in [0.3, 0.4) is 0 Å². The Bertz CT molecular complexity index is 340. The Morgan fingerprint density at radius 2 is 2.18 bits per heavy atom. The third-order valence-corrected chi connectivity index (χ3v) is 4.24. The Balaban J connectivity index is 1.74. The molecular weight excluding hydrogens is 234 g/mol. The Kier molecular flexibility index (Phi) is 4.46. The van der Waals surface area contributed by atoms with Gasteiger partial charge in [0.05, 0.1) is 0 Å². The topological polar surface area (TPSA) is 21.1 Å². The molecule has 0 spiro atoms. The highest BCUT2D eigenvalue weighted by atomic mass is 35.5. The van der Waals surface area contributed by atoms with Gasteiger partial charge in [0.15, 0.2) is 0 Å². The van der Waals surface area contributed by atoms with Crippen molar-refractivity contribution in [3.05, 3.63) is 18.0 Å². The summed E-state index contributed by atoms with van der Waals surface area (Å²) in [5.74, 6) is 0.713. The first-order chi connectivity index (χ1) is 8.16. The van der Waals surface area contributed by atoms with Gasteiger partial charge in [-0.15, -0.1) is 11.6 Å². The highest BCUT2D eigenvalue weighted by Crippen LogP contribution is 2.23. The van der Waals surface area contributed by atoms with Gasteiger partial charge in [0.25, 0.3) is 0 Å². The van der Waals surface area contributed by atoms with Gasteiger partial charge in [-0.05, 0) is 44.8 Å². The summed E-state index contributed by atoms with van der Waals surface area (Å²) >= 11 is 6.15. The molecule has 1 aliphatic rings. The first kappa shape index (κ1) is 12.9. The van der Waals surface area contributed by atoms with Crippen LogP contribution >= 0.6 is 11.6 Å². The predicted molar refractivity (Wildman–Crippen MR) is 71.4 cm³/mol. The number of aryl methyl sites for hydroxylation is 1. The smallest absolute Gasteiger partial charge is 0.0492 e. The fraction of sp³-hybridized carbons (Fsp3) is 0.769. The Labute approximate surface area is 109 Å². The number of nitrogens with zero attached hydrogens (tertiary/aromatic N) is 3. The second-order valence-corrected chi connectivity index (χ2v) is 5.74. The summed E-state index contributed by atoms with van der Waals surface area (Å²) in [6.45, 7) is 5.65. The van der Waals surface area contributed by atoms with Crippen LogP contribution in [0.1, 0.15) is 25.5 Å². The fourth-order valence-corrected chi connectivity index (χ4v) is 2.81. The van der Waals surface area contributed by atoms with E-state index in [1.54, 1.807) is 0 Å². The molecule has 0 aliphatic carbocycles. The molecule has 96 valence electrons. The van der Waals surface area contributed by atoms with Crippen LogP contribution in [0.4, 0.5) is 0 Å². The van der Waals surface area contributed by atoms with Gasteiger partial charge < -0.3 is 4.90 Å². The SMILES string of the molecule is CC(Cl)C1CCN(CCc2ccnn2C)CC1. The lowest BCUT2D eigenvalue weighted by atomic mass is 9.94. The average molecular weight is 256 g/mol. The number of alkyl halides is 1. The van der Waals surface area contributed by atoms with Crippen molar-refractivity contribution in [2.75, 3.05) is 19.6 Å². The molecule has 1 aromatic heterocycles.